The minimum atomic E-state index is -3.47. The normalized spacial score (nSPS) is 17.4. The van der Waals surface area contributed by atoms with Crippen LogP contribution in [0.3, 0.4) is 0 Å². The summed E-state index contributed by atoms with van der Waals surface area (Å²) in [5.74, 6) is 0.478. The van der Waals surface area contributed by atoms with Crippen molar-refractivity contribution in [1.29, 1.82) is 0 Å². The number of nitrogens with two attached hydrogens (primary N) is 1. The molecule has 0 aromatic carbocycles. The van der Waals surface area contributed by atoms with Gasteiger partial charge in [-0.05, 0) is 44.2 Å². The molecule has 120 valence electrons. The highest BCUT2D eigenvalue weighted by molar-refractivity contribution is 7.91. The van der Waals surface area contributed by atoms with Gasteiger partial charge in [0.1, 0.15) is 4.21 Å². The minimum Gasteiger partial charge on any atom is -0.383 e. The number of nitrogens with zero attached hydrogens (tertiary/aromatic N) is 1. The Morgan fingerprint density at radius 1 is 1.52 bits per heavy atom. The molecular formula is C14H24N2O3S2. The van der Waals surface area contributed by atoms with Gasteiger partial charge in [0.25, 0.3) is 10.0 Å². The molecule has 0 amide bonds. The molecule has 21 heavy (non-hydrogen) atoms. The molecule has 2 rings (SSSR count). The molecule has 1 fully saturated rings. The van der Waals surface area contributed by atoms with Crippen LogP contribution in [0.15, 0.2) is 10.3 Å². The van der Waals surface area contributed by atoms with E-state index in [0.29, 0.717) is 29.8 Å². The molecule has 0 spiro atoms. The molecule has 0 saturated heterocycles. The highest BCUT2D eigenvalue weighted by Gasteiger charge is 2.38. The van der Waals surface area contributed by atoms with Crippen LogP contribution in [0.25, 0.3) is 0 Å². The SMILES string of the molecule is COCCN(C(C)C1CC1)S(=O)(=O)c1cc(C)c(CN)s1. The van der Waals surface area contributed by atoms with Crippen LogP contribution < -0.4 is 5.73 Å². The van der Waals surface area contributed by atoms with Gasteiger partial charge < -0.3 is 10.5 Å². The Morgan fingerprint density at radius 3 is 2.67 bits per heavy atom. The quantitative estimate of drug-likeness (QED) is 0.790. The van der Waals surface area contributed by atoms with E-state index in [1.807, 2.05) is 13.8 Å². The van der Waals surface area contributed by atoms with E-state index in [2.05, 4.69) is 0 Å². The fourth-order valence-electron chi connectivity index (χ4n) is 2.47. The first-order valence-corrected chi connectivity index (χ1v) is 9.47. The Morgan fingerprint density at radius 2 is 2.19 bits per heavy atom. The van der Waals surface area contributed by atoms with Crippen LogP contribution in [0, 0.1) is 12.8 Å². The molecule has 1 aromatic rings. The van der Waals surface area contributed by atoms with E-state index in [9.17, 15) is 8.42 Å². The van der Waals surface area contributed by atoms with Crippen molar-refractivity contribution in [2.24, 2.45) is 11.7 Å². The van der Waals surface area contributed by atoms with Crippen molar-refractivity contribution in [3.63, 3.8) is 0 Å². The van der Waals surface area contributed by atoms with Gasteiger partial charge in [0, 0.05) is 31.1 Å². The van der Waals surface area contributed by atoms with Crippen LogP contribution in [-0.2, 0) is 21.3 Å². The third kappa shape index (κ3) is 3.65. The summed E-state index contributed by atoms with van der Waals surface area (Å²) in [6, 6.07) is 1.76. The Bertz CT molecular complexity index is 579. The van der Waals surface area contributed by atoms with Crippen LogP contribution in [0.5, 0.6) is 0 Å². The summed E-state index contributed by atoms with van der Waals surface area (Å²) in [6.07, 6.45) is 2.22. The summed E-state index contributed by atoms with van der Waals surface area (Å²) in [7, 11) is -1.88. The number of aryl methyl sites for hydroxylation is 1. The van der Waals surface area contributed by atoms with Gasteiger partial charge >= 0.3 is 0 Å². The number of sulfonamides is 1. The van der Waals surface area contributed by atoms with Crippen molar-refractivity contribution in [2.45, 2.75) is 43.5 Å². The van der Waals surface area contributed by atoms with Gasteiger partial charge in [0.2, 0.25) is 0 Å². The molecule has 1 atom stereocenters. The summed E-state index contributed by atoms with van der Waals surface area (Å²) in [4.78, 5) is 0.930. The molecule has 1 aliphatic carbocycles. The number of hydrogen-bond acceptors (Lipinski definition) is 5. The van der Waals surface area contributed by atoms with Gasteiger partial charge in [-0.25, -0.2) is 8.42 Å². The predicted octanol–water partition coefficient (Wildman–Crippen LogP) is 1.95. The summed E-state index contributed by atoms with van der Waals surface area (Å²) < 4.78 is 32.9. The third-order valence-electron chi connectivity index (χ3n) is 4.02. The monoisotopic (exact) mass is 332 g/mol. The van der Waals surface area contributed by atoms with Gasteiger partial charge in [-0.15, -0.1) is 11.3 Å². The lowest BCUT2D eigenvalue weighted by Gasteiger charge is -2.27. The molecular weight excluding hydrogens is 308 g/mol. The fraction of sp³-hybridized carbons (Fsp3) is 0.714. The largest absolute Gasteiger partial charge is 0.383 e. The smallest absolute Gasteiger partial charge is 0.252 e. The summed E-state index contributed by atoms with van der Waals surface area (Å²) in [5, 5.41) is 0. The van der Waals surface area contributed by atoms with Crippen LogP contribution in [0.2, 0.25) is 0 Å². The molecule has 0 aliphatic heterocycles. The molecule has 1 unspecified atom stereocenters. The Kier molecular flexibility index (Phi) is 5.43. The second kappa shape index (κ2) is 6.75. The van der Waals surface area contributed by atoms with E-state index in [0.717, 1.165) is 23.3 Å². The van der Waals surface area contributed by atoms with Crippen LogP contribution in [0.1, 0.15) is 30.2 Å². The van der Waals surface area contributed by atoms with Crippen molar-refractivity contribution >= 4 is 21.4 Å². The number of thiophene rings is 1. The lowest BCUT2D eigenvalue weighted by Crippen LogP contribution is -2.41. The van der Waals surface area contributed by atoms with Crippen LogP contribution in [-0.4, -0.2) is 39.0 Å². The predicted molar refractivity (Wildman–Crippen MR) is 84.9 cm³/mol. The molecule has 1 saturated carbocycles. The molecule has 5 nitrogen and oxygen atoms in total. The highest BCUT2D eigenvalue weighted by Crippen LogP contribution is 2.38. The maximum atomic E-state index is 12.9. The number of methoxy groups -OCH3 is 1. The topological polar surface area (TPSA) is 72.6 Å². The molecule has 0 bridgehead atoms. The van der Waals surface area contributed by atoms with E-state index in [1.54, 1.807) is 17.5 Å². The second-order valence-electron chi connectivity index (χ2n) is 5.56. The van der Waals surface area contributed by atoms with E-state index >= 15 is 0 Å². The molecule has 1 aromatic heterocycles. The third-order valence-corrected chi connectivity index (χ3v) is 7.72. The van der Waals surface area contributed by atoms with E-state index in [1.165, 1.54) is 11.3 Å². The number of rotatable bonds is 8. The van der Waals surface area contributed by atoms with Crippen molar-refractivity contribution in [3.8, 4) is 0 Å². The Labute approximate surface area is 131 Å². The van der Waals surface area contributed by atoms with Crippen molar-refractivity contribution in [2.75, 3.05) is 20.3 Å². The Balaban J connectivity index is 2.30. The average molecular weight is 332 g/mol. The van der Waals surface area contributed by atoms with Crippen molar-refractivity contribution in [3.05, 3.63) is 16.5 Å². The van der Waals surface area contributed by atoms with Gasteiger partial charge in [0.05, 0.1) is 6.61 Å². The molecule has 0 radical (unpaired) electrons. The maximum absolute atomic E-state index is 12.9. The maximum Gasteiger partial charge on any atom is 0.252 e. The standard InChI is InChI=1S/C14H24N2O3S2/c1-10-8-14(20-13(10)9-15)21(17,18)16(6-7-19-3)11(2)12-4-5-12/h8,11-12H,4-7,9,15H2,1-3H3. The first kappa shape index (κ1) is 16.9. The van der Waals surface area contributed by atoms with Crippen molar-refractivity contribution in [1.82, 2.24) is 4.31 Å². The fourth-order valence-corrected chi connectivity index (χ4v) is 5.75. The number of ether oxygens (including phenoxy) is 1. The zero-order chi connectivity index (χ0) is 15.6. The lowest BCUT2D eigenvalue weighted by atomic mass is 10.2. The lowest BCUT2D eigenvalue weighted by molar-refractivity contribution is 0.164. The van der Waals surface area contributed by atoms with E-state index < -0.39 is 10.0 Å². The summed E-state index contributed by atoms with van der Waals surface area (Å²) in [5.41, 5.74) is 6.61. The molecule has 1 aliphatic rings. The Hall–Kier alpha value is -0.470. The number of hydrogen-bond donors (Lipinski definition) is 1. The van der Waals surface area contributed by atoms with Crippen LogP contribution >= 0.6 is 11.3 Å². The van der Waals surface area contributed by atoms with Gasteiger partial charge in [-0.1, -0.05) is 0 Å². The van der Waals surface area contributed by atoms with E-state index in [-0.39, 0.29) is 6.04 Å². The first-order chi connectivity index (χ1) is 9.91. The average Bonchev–Trinajstić information content (AvgIpc) is 3.21. The minimum absolute atomic E-state index is 0.0221. The summed E-state index contributed by atoms with van der Waals surface area (Å²) in [6.45, 7) is 5.08. The second-order valence-corrected chi connectivity index (χ2v) is 8.82. The molecule has 2 N–H and O–H groups in total. The van der Waals surface area contributed by atoms with Crippen LogP contribution in [0.4, 0.5) is 0 Å². The zero-order valence-electron chi connectivity index (χ0n) is 12.8. The zero-order valence-corrected chi connectivity index (χ0v) is 14.5. The van der Waals surface area contributed by atoms with Gasteiger partial charge in [-0.3, -0.25) is 0 Å². The van der Waals surface area contributed by atoms with Crippen molar-refractivity contribution < 1.29 is 13.2 Å². The first-order valence-electron chi connectivity index (χ1n) is 7.22. The van der Waals surface area contributed by atoms with Gasteiger partial charge in [-0.2, -0.15) is 4.31 Å². The highest BCUT2D eigenvalue weighted by atomic mass is 32.2. The van der Waals surface area contributed by atoms with E-state index in [4.69, 9.17) is 10.5 Å². The molecule has 1 heterocycles. The molecule has 7 heteroatoms. The van der Waals surface area contributed by atoms with Gasteiger partial charge in [0.15, 0.2) is 0 Å². The summed E-state index contributed by atoms with van der Waals surface area (Å²) >= 11 is 1.28.